The van der Waals surface area contributed by atoms with Crippen LogP contribution >= 0.6 is 11.6 Å². The molecule has 0 amide bonds. The van der Waals surface area contributed by atoms with Crippen molar-refractivity contribution in [2.45, 2.75) is 24.8 Å². The lowest BCUT2D eigenvalue weighted by molar-refractivity contribution is 0.149. The van der Waals surface area contributed by atoms with E-state index < -0.39 is 12.0 Å². The number of rotatable bonds is 3. The van der Waals surface area contributed by atoms with Crippen LogP contribution in [-0.4, -0.2) is 6.08 Å². The molecule has 0 aliphatic heterocycles. The summed E-state index contributed by atoms with van der Waals surface area (Å²) >= 11 is 5.77. The molecular formula is C11H8ClF2NO. The lowest BCUT2D eigenvalue weighted by Crippen LogP contribution is -2.07. The summed E-state index contributed by atoms with van der Waals surface area (Å²) in [6, 6.07) is 4.15. The first-order valence-corrected chi connectivity index (χ1v) is 5.14. The molecule has 1 saturated carbocycles. The maximum Gasteiger partial charge on any atom is 0.264 e. The van der Waals surface area contributed by atoms with Crippen molar-refractivity contribution in [1.29, 1.82) is 0 Å². The Morgan fingerprint density at radius 1 is 1.44 bits per heavy atom. The number of isocyanates is 1. The number of aliphatic imine (C=N–C) groups is 1. The van der Waals surface area contributed by atoms with Crippen LogP contribution in [0.5, 0.6) is 0 Å². The van der Waals surface area contributed by atoms with Gasteiger partial charge in [-0.3, -0.25) is 0 Å². The van der Waals surface area contributed by atoms with Crippen LogP contribution in [0, 0.1) is 0 Å². The van der Waals surface area contributed by atoms with Gasteiger partial charge in [-0.25, -0.2) is 13.6 Å². The number of hydrogen-bond acceptors (Lipinski definition) is 2. The van der Waals surface area contributed by atoms with Crippen molar-refractivity contribution in [2.24, 2.45) is 4.99 Å². The average molecular weight is 244 g/mol. The van der Waals surface area contributed by atoms with Crippen molar-refractivity contribution in [1.82, 2.24) is 0 Å². The Hall–Kier alpha value is -1.25. The van der Waals surface area contributed by atoms with Crippen LogP contribution in [0.4, 0.5) is 8.78 Å². The maximum atomic E-state index is 12.8. The number of alkyl halides is 2. The van der Waals surface area contributed by atoms with E-state index >= 15 is 0 Å². The molecule has 2 nitrogen and oxygen atoms in total. The molecule has 0 bridgehead atoms. The van der Waals surface area contributed by atoms with Gasteiger partial charge in [-0.15, -0.1) is 0 Å². The van der Waals surface area contributed by atoms with Crippen LogP contribution in [0.2, 0.25) is 5.02 Å². The van der Waals surface area contributed by atoms with Gasteiger partial charge >= 0.3 is 0 Å². The Balaban J connectivity index is 2.54. The van der Waals surface area contributed by atoms with E-state index in [0.717, 1.165) is 0 Å². The highest BCUT2D eigenvalue weighted by Gasteiger charge is 2.47. The molecule has 1 aromatic rings. The maximum absolute atomic E-state index is 12.8. The van der Waals surface area contributed by atoms with E-state index in [1.807, 2.05) is 0 Å². The van der Waals surface area contributed by atoms with E-state index in [2.05, 4.69) is 4.99 Å². The summed E-state index contributed by atoms with van der Waals surface area (Å²) < 4.78 is 25.5. The third-order valence-electron chi connectivity index (χ3n) is 2.74. The third-order valence-corrected chi connectivity index (χ3v) is 2.97. The van der Waals surface area contributed by atoms with Crippen LogP contribution in [0.15, 0.2) is 23.2 Å². The summed E-state index contributed by atoms with van der Waals surface area (Å²) in [6.07, 6.45) is 0.0217. The van der Waals surface area contributed by atoms with Gasteiger partial charge in [0.1, 0.15) is 0 Å². The average Bonchev–Trinajstić information content (AvgIpc) is 2.99. The summed E-state index contributed by atoms with van der Waals surface area (Å²) in [5.74, 6) is 0. The SMILES string of the molecule is O=C=NC1(c2cc(Cl)ccc2C(F)F)CC1. The monoisotopic (exact) mass is 243 g/mol. The zero-order valence-corrected chi connectivity index (χ0v) is 8.97. The number of hydrogen-bond donors (Lipinski definition) is 0. The van der Waals surface area contributed by atoms with Crippen LogP contribution in [0.1, 0.15) is 30.4 Å². The predicted molar refractivity (Wildman–Crippen MR) is 55.4 cm³/mol. The molecular weight excluding hydrogens is 236 g/mol. The predicted octanol–water partition coefficient (Wildman–Crippen LogP) is 3.60. The van der Waals surface area contributed by atoms with E-state index in [4.69, 9.17) is 11.6 Å². The van der Waals surface area contributed by atoms with E-state index in [9.17, 15) is 13.6 Å². The minimum atomic E-state index is -2.59. The zero-order chi connectivity index (χ0) is 11.8. The summed E-state index contributed by atoms with van der Waals surface area (Å²) in [6.45, 7) is 0. The van der Waals surface area contributed by atoms with Crippen LogP contribution in [0.3, 0.4) is 0 Å². The van der Waals surface area contributed by atoms with Gasteiger partial charge in [-0.05, 0) is 30.5 Å². The van der Waals surface area contributed by atoms with E-state index in [-0.39, 0.29) is 5.56 Å². The van der Waals surface area contributed by atoms with Gasteiger partial charge in [0.25, 0.3) is 6.43 Å². The van der Waals surface area contributed by atoms with Gasteiger partial charge < -0.3 is 0 Å². The van der Waals surface area contributed by atoms with Crippen molar-refractivity contribution < 1.29 is 13.6 Å². The van der Waals surface area contributed by atoms with Crippen molar-refractivity contribution in [3.05, 3.63) is 34.3 Å². The third kappa shape index (κ3) is 1.86. The first kappa shape index (κ1) is 11.2. The second-order valence-corrected chi connectivity index (χ2v) is 4.20. The Kier molecular flexibility index (Phi) is 2.78. The highest BCUT2D eigenvalue weighted by Crippen LogP contribution is 2.52. The first-order valence-electron chi connectivity index (χ1n) is 4.76. The van der Waals surface area contributed by atoms with Gasteiger partial charge in [0, 0.05) is 10.6 Å². The Morgan fingerprint density at radius 3 is 2.62 bits per heavy atom. The Morgan fingerprint density at radius 2 is 2.12 bits per heavy atom. The number of nitrogens with zero attached hydrogens (tertiary/aromatic N) is 1. The van der Waals surface area contributed by atoms with Crippen LogP contribution in [0.25, 0.3) is 0 Å². The van der Waals surface area contributed by atoms with Gasteiger partial charge in [0.15, 0.2) is 0 Å². The minimum Gasteiger partial charge on any atom is -0.211 e. The molecule has 84 valence electrons. The molecule has 16 heavy (non-hydrogen) atoms. The molecule has 1 aliphatic carbocycles. The standard InChI is InChI=1S/C11H8ClF2NO/c12-7-1-2-8(10(13)14)9(5-7)11(3-4-11)15-6-16/h1-2,5,10H,3-4H2. The lowest BCUT2D eigenvalue weighted by Gasteiger charge is -2.14. The summed E-state index contributed by atoms with van der Waals surface area (Å²) in [5, 5.41) is 0.367. The number of carbonyl (C=O) groups excluding carboxylic acids is 1. The second kappa shape index (κ2) is 3.96. The van der Waals surface area contributed by atoms with Gasteiger partial charge in [-0.2, -0.15) is 4.99 Å². The molecule has 1 aliphatic rings. The molecule has 0 unspecified atom stereocenters. The molecule has 0 spiro atoms. The molecule has 2 rings (SSSR count). The van der Waals surface area contributed by atoms with Crippen molar-refractivity contribution in [3.63, 3.8) is 0 Å². The van der Waals surface area contributed by atoms with E-state index in [1.165, 1.54) is 24.3 Å². The fourth-order valence-electron chi connectivity index (χ4n) is 1.77. The van der Waals surface area contributed by atoms with E-state index in [1.54, 1.807) is 0 Å². The molecule has 0 N–H and O–H groups in total. The molecule has 1 aromatic carbocycles. The van der Waals surface area contributed by atoms with Crippen molar-refractivity contribution in [3.8, 4) is 0 Å². The summed E-state index contributed by atoms with van der Waals surface area (Å²) in [4.78, 5) is 13.9. The Bertz CT molecular complexity index is 465. The molecule has 0 saturated heterocycles. The highest BCUT2D eigenvalue weighted by atomic mass is 35.5. The largest absolute Gasteiger partial charge is 0.264 e. The molecule has 5 heteroatoms. The second-order valence-electron chi connectivity index (χ2n) is 3.77. The van der Waals surface area contributed by atoms with Gasteiger partial charge in [-0.1, -0.05) is 17.7 Å². The smallest absolute Gasteiger partial charge is 0.211 e. The molecule has 1 fully saturated rings. The fourth-order valence-corrected chi connectivity index (χ4v) is 1.94. The lowest BCUT2D eigenvalue weighted by atomic mass is 9.99. The topological polar surface area (TPSA) is 29.4 Å². The zero-order valence-electron chi connectivity index (χ0n) is 8.21. The van der Waals surface area contributed by atoms with Crippen molar-refractivity contribution in [2.75, 3.05) is 0 Å². The quantitative estimate of drug-likeness (QED) is 0.589. The Labute approximate surface area is 95.9 Å². The van der Waals surface area contributed by atoms with Gasteiger partial charge in [0.05, 0.1) is 5.54 Å². The normalized spacial score (nSPS) is 17.0. The molecule has 0 aromatic heterocycles. The highest BCUT2D eigenvalue weighted by molar-refractivity contribution is 6.30. The van der Waals surface area contributed by atoms with Crippen LogP contribution in [-0.2, 0) is 10.3 Å². The number of halogens is 3. The van der Waals surface area contributed by atoms with Gasteiger partial charge in [0.2, 0.25) is 6.08 Å². The number of benzene rings is 1. The van der Waals surface area contributed by atoms with Crippen molar-refractivity contribution >= 4 is 17.7 Å². The first-order chi connectivity index (χ1) is 7.59. The molecule has 0 radical (unpaired) electrons. The fraction of sp³-hybridized carbons (Fsp3) is 0.364. The summed E-state index contributed by atoms with van der Waals surface area (Å²) in [5.41, 5.74) is -0.572. The summed E-state index contributed by atoms with van der Waals surface area (Å²) in [7, 11) is 0. The molecule has 0 heterocycles. The molecule has 0 atom stereocenters. The minimum absolute atomic E-state index is 0.110. The van der Waals surface area contributed by atoms with Crippen LogP contribution < -0.4 is 0 Å². The van der Waals surface area contributed by atoms with E-state index in [0.29, 0.717) is 23.4 Å².